The van der Waals surface area contributed by atoms with E-state index in [1.165, 1.54) is 18.4 Å². The number of hydrogen-bond acceptors (Lipinski definition) is 7. The fourth-order valence-corrected chi connectivity index (χ4v) is 3.94. The quantitative estimate of drug-likeness (QED) is 0.642. The van der Waals surface area contributed by atoms with Crippen LogP contribution in [0.3, 0.4) is 0 Å². The summed E-state index contributed by atoms with van der Waals surface area (Å²) in [5.74, 6) is 1.98. The van der Waals surface area contributed by atoms with E-state index in [2.05, 4.69) is 49.8 Å². The molecule has 7 heteroatoms. The van der Waals surface area contributed by atoms with Gasteiger partial charge in [0.2, 0.25) is 0 Å². The molecule has 1 saturated carbocycles. The van der Waals surface area contributed by atoms with E-state index in [1.807, 2.05) is 12.3 Å². The maximum Gasteiger partial charge on any atom is 0.132 e. The third-order valence-electron chi connectivity index (χ3n) is 5.75. The maximum atomic E-state index is 9.16. The van der Waals surface area contributed by atoms with Gasteiger partial charge in [-0.2, -0.15) is 5.26 Å². The molecule has 3 aromatic heterocycles. The fraction of sp³-hybridized carbons (Fsp3) is 0.333. The molecule has 0 aromatic carbocycles. The van der Waals surface area contributed by atoms with E-state index in [0.717, 1.165) is 55.5 Å². The highest BCUT2D eigenvalue weighted by Gasteiger charge is 2.25. The zero-order valence-electron chi connectivity index (χ0n) is 17.4. The van der Waals surface area contributed by atoms with Crippen LogP contribution >= 0.6 is 0 Å². The topological polar surface area (TPSA) is 89.8 Å². The van der Waals surface area contributed by atoms with Gasteiger partial charge in [-0.15, -0.1) is 0 Å². The van der Waals surface area contributed by atoms with Gasteiger partial charge in [0.25, 0.3) is 0 Å². The highest BCUT2D eigenvalue weighted by atomic mass is 15.2. The molecule has 1 saturated heterocycles. The molecule has 3 aromatic rings. The summed E-state index contributed by atoms with van der Waals surface area (Å²) in [6, 6.07) is 14.1. The molecule has 2 aliphatic rings. The summed E-state index contributed by atoms with van der Waals surface area (Å²) in [6.07, 6.45) is 5.95. The lowest BCUT2D eigenvalue weighted by atomic mass is 10.1. The van der Waals surface area contributed by atoms with Crippen LogP contribution in [-0.4, -0.2) is 46.0 Å². The molecular weight excluding hydrogens is 386 g/mol. The molecule has 2 N–H and O–H groups in total. The van der Waals surface area contributed by atoms with E-state index >= 15 is 0 Å². The summed E-state index contributed by atoms with van der Waals surface area (Å²) in [4.78, 5) is 16.2. The Balaban J connectivity index is 1.43. The van der Waals surface area contributed by atoms with E-state index in [1.54, 1.807) is 18.3 Å². The van der Waals surface area contributed by atoms with Gasteiger partial charge in [-0.3, -0.25) is 9.88 Å². The Bertz CT molecular complexity index is 1110. The largest absolute Gasteiger partial charge is 0.325 e. The number of pyridine rings is 3. The molecule has 5 rings (SSSR count). The Morgan fingerprint density at radius 1 is 1.03 bits per heavy atom. The molecule has 31 heavy (non-hydrogen) atoms. The summed E-state index contributed by atoms with van der Waals surface area (Å²) in [5.41, 5.74) is 4.94. The van der Waals surface area contributed by atoms with E-state index in [9.17, 15) is 0 Å². The van der Waals surface area contributed by atoms with Gasteiger partial charge in [0.15, 0.2) is 0 Å². The third-order valence-corrected chi connectivity index (χ3v) is 5.75. The summed E-state index contributed by atoms with van der Waals surface area (Å²) in [5, 5.41) is 15.8. The highest BCUT2D eigenvalue weighted by Crippen LogP contribution is 2.42. The van der Waals surface area contributed by atoms with Crippen molar-refractivity contribution in [1.29, 1.82) is 5.26 Å². The summed E-state index contributed by atoms with van der Waals surface area (Å²) >= 11 is 0. The number of nitriles is 1. The van der Waals surface area contributed by atoms with Crippen molar-refractivity contribution in [2.75, 3.05) is 31.5 Å². The Morgan fingerprint density at radius 2 is 1.87 bits per heavy atom. The molecule has 0 radical (unpaired) electrons. The summed E-state index contributed by atoms with van der Waals surface area (Å²) < 4.78 is 0. The molecule has 0 unspecified atom stereocenters. The first-order valence-corrected chi connectivity index (χ1v) is 10.8. The molecule has 4 heterocycles. The number of nitrogens with zero attached hydrogens (tertiary/aromatic N) is 5. The molecule has 0 spiro atoms. The van der Waals surface area contributed by atoms with Crippen LogP contribution in [0.2, 0.25) is 0 Å². The zero-order chi connectivity index (χ0) is 21.0. The average Bonchev–Trinajstić information content (AvgIpc) is 3.66. The Labute approximate surface area is 182 Å². The second-order valence-corrected chi connectivity index (χ2v) is 8.17. The first-order chi connectivity index (χ1) is 15.3. The molecular formula is C24H25N7. The lowest BCUT2D eigenvalue weighted by Gasteiger charge is -2.26. The van der Waals surface area contributed by atoms with E-state index < -0.39 is 0 Å². The van der Waals surface area contributed by atoms with E-state index in [-0.39, 0.29) is 0 Å². The van der Waals surface area contributed by atoms with Gasteiger partial charge in [0, 0.05) is 50.7 Å². The van der Waals surface area contributed by atoms with Crippen LogP contribution in [0.5, 0.6) is 0 Å². The molecule has 0 atom stereocenters. The standard InChI is InChI=1S/C24H25N7/c25-15-17-3-5-28-23(11-17)30-24-14-20(18-1-2-18)13-22(29-24)19-4-6-27-21(12-19)16-31-9-7-26-8-10-31/h3-6,11-14,18,26H,1-2,7-10,16H2,(H,28,29,30). The van der Waals surface area contributed by atoms with Gasteiger partial charge in [0.05, 0.1) is 23.0 Å². The molecule has 1 aliphatic heterocycles. The van der Waals surface area contributed by atoms with Gasteiger partial charge in [-0.1, -0.05) is 0 Å². The van der Waals surface area contributed by atoms with Crippen LogP contribution in [0.25, 0.3) is 11.3 Å². The van der Waals surface area contributed by atoms with Crippen LogP contribution in [0.4, 0.5) is 11.6 Å². The molecule has 0 amide bonds. The van der Waals surface area contributed by atoms with E-state index in [0.29, 0.717) is 17.3 Å². The Morgan fingerprint density at radius 3 is 2.68 bits per heavy atom. The monoisotopic (exact) mass is 411 g/mol. The molecule has 0 bridgehead atoms. The smallest absolute Gasteiger partial charge is 0.132 e. The zero-order valence-corrected chi connectivity index (χ0v) is 17.4. The van der Waals surface area contributed by atoms with Gasteiger partial charge in [-0.25, -0.2) is 9.97 Å². The summed E-state index contributed by atoms with van der Waals surface area (Å²) in [7, 11) is 0. The van der Waals surface area contributed by atoms with Gasteiger partial charge >= 0.3 is 0 Å². The lowest BCUT2D eigenvalue weighted by Crippen LogP contribution is -2.43. The minimum Gasteiger partial charge on any atom is -0.325 e. The predicted molar refractivity (Wildman–Crippen MR) is 120 cm³/mol. The van der Waals surface area contributed by atoms with Crippen molar-refractivity contribution in [2.45, 2.75) is 25.3 Å². The number of nitrogens with one attached hydrogen (secondary N) is 2. The van der Waals surface area contributed by atoms with Gasteiger partial charge in [-0.05, 0) is 60.7 Å². The maximum absolute atomic E-state index is 9.16. The van der Waals surface area contributed by atoms with Crippen molar-refractivity contribution in [1.82, 2.24) is 25.2 Å². The van der Waals surface area contributed by atoms with E-state index in [4.69, 9.17) is 10.2 Å². The highest BCUT2D eigenvalue weighted by molar-refractivity contribution is 5.65. The minimum atomic E-state index is 0.572. The van der Waals surface area contributed by atoms with Gasteiger partial charge in [0.1, 0.15) is 11.6 Å². The van der Waals surface area contributed by atoms with Gasteiger partial charge < -0.3 is 10.6 Å². The second-order valence-electron chi connectivity index (χ2n) is 8.17. The third kappa shape index (κ3) is 4.88. The van der Waals surface area contributed by atoms with Crippen molar-refractivity contribution in [3.8, 4) is 17.3 Å². The van der Waals surface area contributed by atoms with Crippen LogP contribution in [-0.2, 0) is 6.54 Å². The summed E-state index contributed by atoms with van der Waals surface area (Å²) in [6.45, 7) is 5.00. The number of piperazine rings is 1. The van der Waals surface area contributed by atoms with Crippen molar-refractivity contribution < 1.29 is 0 Å². The molecule has 156 valence electrons. The molecule has 1 aliphatic carbocycles. The number of hydrogen-bond donors (Lipinski definition) is 2. The number of rotatable bonds is 6. The fourth-order valence-electron chi connectivity index (χ4n) is 3.94. The molecule has 7 nitrogen and oxygen atoms in total. The van der Waals surface area contributed by atoms with Crippen molar-refractivity contribution in [3.63, 3.8) is 0 Å². The molecule has 2 fully saturated rings. The number of anilines is 2. The van der Waals surface area contributed by atoms with Crippen molar-refractivity contribution in [2.24, 2.45) is 0 Å². The first kappa shape index (κ1) is 19.6. The van der Waals surface area contributed by atoms with Crippen LogP contribution in [0.1, 0.15) is 35.6 Å². The minimum absolute atomic E-state index is 0.572. The number of aromatic nitrogens is 3. The Kier molecular flexibility index (Phi) is 5.57. The van der Waals surface area contributed by atoms with Crippen molar-refractivity contribution in [3.05, 3.63) is 65.6 Å². The first-order valence-electron chi connectivity index (χ1n) is 10.8. The average molecular weight is 412 g/mol. The normalized spacial score (nSPS) is 16.6. The Hall–Kier alpha value is -3.34. The second kappa shape index (κ2) is 8.80. The predicted octanol–water partition coefficient (Wildman–Crippen LogP) is 3.44. The van der Waals surface area contributed by atoms with Crippen LogP contribution in [0, 0.1) is 11.3 Å². The van der Waals surface area contributed by atoms with Crippen LogP contribution in [0.15, 0.2) is 48.8 Å². The van der Waals surface area contributed by atoms with Crippen LogP contribution < -0.4 is 10.6 Å². The van der Waals surface area contributed by atoms with Crippen molar-refractivity contribution >= 4 is 11.6 Å². The SMILES string of the molecule is N#Cc1ccnc(Nc2cc(C3CC3)cc(-c3ccnc(CN4CCNCC4)c3)n2)c1. The lowest BCUT2D eigenvalue weighted by molar-refractivity contribution is 0.231.